The molecule has 1 aliphatic rings. The highest BCUT2D eigenvalue weighted by molar-refractivity contribution is 7.89. The van der Waals surface area contributed by atoms with Crippen molar-refractivity contribution in [2.75, 3.05) is 20.2 Å². The van der Waals surface area contributed by atoms with Gasteiger partial charge in [0.25, 0.3) is 5.89 Å². The molecule has 1 fully saturated rings. The summed E-state index contributed by atoms with van der Waals surface area (Å²) < 4.78 is 43.1. The summed E-state index contributed by atoms with van der Waals surface area (Å²) in [6, 6.07) is 13.2. The lowest BCUT2D eigenvalue weighted by molar-refractivity contribution is -0.152. The van der Waals surface area contributed by atoms with Crippen LogP contribution < -0.4 is 4.74 Å². The topological polar surface area (TPSA) is 129 Å². The van der Waals surface area contributed by atoms with Crippen molar-refractivity contribution in [1.29, 1.82) is 0 Å². The second-order valence-electron chi connectivity index (χ2n) is 8.08. The number of ketones is 1. The van der Waals surface area contributed by atoms with Crippen LogP contribution in [0.1, 0.15) is 36.0 Å². The number of piperidine rings is 1. The average Bonchev–Trinajstić information content (AvgIpc) is 3.36. The van der Waals surface area contributed by atoms with Crippen molar-refractivity contribution in [2.24, 2.45) is 5.92 Å². The molecule has 10 nitrogen and oxygen atoms in total. The number of esters is 1. The Labute approximate surface area is 202 Å². The molecule has 0 aliphatic carbocycles. The Balaban J connectivity index is 1.32. The predicted octanol–water partition coefficient (Wildman–Crippen LogP) is 3.09. The zero-order chi connectivity index (χ0) is 25.0. The van der Waals surface area contributed by atoms with E-state index in [2.05, 4.69) is 10.1 Å². The van der Waals surface area contributed by atoms with Gasteiger partial charge in [-0.2, -0.15) is 9.29 Å². The normalized spacial score (nSPS) is 15.0. The van der Waals surface area contributed by atoms with Crippen LogP contribution in [0.5, 0.6) is 5.75 Å². The van der Waals surface area contributed by atoms with E-state index in [1.54, 1.807) is 31.4 Å². The van der Waals surface area contributed by atoms with Gasteiger partial charge in [0.05, 0.1) is 23.5 Å². The van der Waals surface area contributed by atoms with Gasteiger partial charge in [-0.25, -0.2) is 8.42 Å². The number of hydrogen-bond donors (Lipinski definition) is 0. The van der Waals surface area contributed by atoms with Gasteiger partial charge >= 0.3 is 5.97 Å². The first-order valence-electron chi connectivity index (χ1n) is 11.0. The molecule has 1 aliphatic heterocycles. The molecule has 184 valence electrons. The number of carbonyl (C=O) groups excluding carboxylic acids is 2. The van der Waals surface area contributed by atoms with E-state index >= 15 is 0 Å². The van der Waals surface area contributed by atoms with E-state index in [9.17, 15) is 18.0 Å². The van der Waals surface area contributed by atoms with Crippen LogP contribution in [0.25, 0.3) is 11.4 Å². The summed E-state index contributed by atoms with van der Waals surface area (Å²) in [5, 5.41) is 3.92. The van der Waals surface area contributed by atoms with Gasteiger partial charge in [-0.15, -0.1) is 0 Å². The summed E-state index contributed by atoms with van der Waals surface area (Å²) in [5.74, 6) is -0.0453. The van der Waals surface area contributed by atoms with Crippen LogP contribution in [-0.4, -0.2) is 54.8 Å². The number of rotatable bonds is 8. The Bertz CT molecular complexity index is 1330. The van der Waals surface area contributed by atoms with Crippen molar-refractivity contribution < 1.29 is 32.0 Å². The van der Waals surface area contributed by atoms with E-state index in [4.69, 9.17) is 14.0 Å². The van der Waals surface area contributed by atoms with E-state index in [-0.39, 0.29) is 36.3 Å². The number of methoxy groups -OCH3 is 1. The minimum absolute atomic E-state index is 0.0634. The monoisotopic (exact) mass is 499 g/mol. The summed E-state index contributed by atoms with van der Waals surface area (Å²) >= 11 is 0. The smallest absolute Gasteiger partial charge is 0.309 e. The van der Waals surface area contributed by atoms with Gasteiger partial charge in [0.2, 0.25) is 15.8 Å². The number of para-hydroxylation sites is 1. The third-order valence-electron chi connectivity index (χ3n) is 5.82. The van der Waals surface area contributed by atoms with Crippen molar-refractivity contribution in [3.63, 3.8) is 0 Å². The van der Waals surface area contributed by atoms with Gasteiger partial charge in [0.15, 0.2) is 12.4 Å². The summed E-state index contributed by atoms with van der Waals surface area (Å²) in [6.07, 6.45) is 0.640. The van der Waals surface area contributed by atoms with Crippen LogP contribution in [-0.2, 0) is 26.2 Å². The minimum Gasteiger partial charge on any atom is -0.496 e. The molecule has 3 aromatic rings. The van der Waals surface area contributed by atoms with E-state index in [1.165, 1.54) is 23.4 Å². The molecule has 1 aromatic heterocycles. The molecule has 0 amide bonds. The molecule has 0 radical (unpaired) electrons. The highest BCUT2D eigenvalue weighted by atomic mass is 32.2. The Morgan fingerprint density at radius 2 is 1.86 bits per heavy atom. The van der Waals surface area contributed by atoms with Gasteiger partial charge in [0, 0.05) is 18.7 Å². The van der Waals surface area contributed by atoms with Gasteiger partial charge < -0.3 is 14.0 Å². The second-order valence-corrected chi connectivity index (χ2v) is 10.0. The third-order valence-corrected chi connectivity index (χ3v) is 7.71. The second kappa shape index (κ2) is 10.4. The first-order chi connectivity index (χ1) is 16.8. The van der Waals surface area contributed by atoms with E-state index < -0.39 is 21.9 Å². The van der Waals surface area contributed by atoms with E-state index in [0.29, 0.717) is 35.5 Å². The fourth-order valence-corrected chi connectivity index (χ4v) is 5.38. The summed E-state index contributed by atoms with van der Waals surface area (Å²) in [6.45, 7) is 1.55. The van der Waals surface area contributed by atoms with Crippen molar-refractivity contribution in [2.45, 2.75) is 31.3 Å². The Kier molecular flexibility index (Phi) is 7.27. The Morgan fingerprint density at radius 1 is 1.11 bits per heavy atom. The minimum atomic E-state index is -3.77. The number of Topliss-reactive ketones (excluding diaryl/α,β-unsaturated/α-hetero) is 1. The molecule has 0 unspecified atom stereocenters. The molecular formula is C24H25N3O7S. The molecule has 35 heavy (non-hydrogen) atoms. The van der Waals surface area contributed by atoms with E-state index in [1.807, 2.05) is 12.1 Å². The van der Waals surface area contributed by atoms with E-state index in [0.717, 1.165) is 0 Å². The lowest BCUT2D eigenvalue weighted by Gasteiger charge is -2.30. The standard InChI is InChI=1S/C24H25N3O7S/c1-16(28)18-6-5-7-19(14-18)35(30,31)27-12-10-17(11-13-27)24(29)33-15-22-25-23(26-34-22)20-8-3-4-9-21(20)32-2/h3-9,14,17H,10-13,15H2,1-2H3. The van der Waals surface area contributed by atoms with Crippen LogP contribution in [0, 0.1) is 5.92 Å². The first kappa shape index (κ1) is 24.6. The number of hydrogen-bond acceptors (Lipinski definition) is 9. The third kappa shape index (κ3) is 5.41. The summed E-state index contributed by atoms with van der Waals surface area (Å²) in [7, 11) is -2.22. The molecule has 0 atom stereocenters. The number of sulfonamides is 1. The number of aromatic nitrogens is 2. The first-order valence-corrected chi connectivity index (χ1v) is 12.5. The SMILES string of the molecule is COc1ccccc1-c1noc(COC(=O)C2CCN(S(=O)(=O)c3cccc(C(C)=O)c3)CC2)n1. The van der Waals surface area contributed by atoms with Crippen molar-refractivity contribution in [3.05, 3.63) is 60.0 Å². The molecule has 2 heterocycles. The van der Waals surface area contributed by atoms with Gasteiger partial charge in [-0.05, 0) is 44.0 Å². The fourth-order valence-electron chi connectivity index (χ4n) is 3.86. The van der Waals surface area contributed by atoms with Crippen LogP contribution in [0.4, 0.5) is 0 Å². The summed E-state index contributed by atoms with van der Waals surface area (Å²) in [5.41, 5.74) is 0.984. The molecule has 0 N–H and O–H groups in total. The maximum atomic E-state index is 13.0. The quantitative estimate of drug-likeness (QED) is 0.339. The van der Waals surface area contributed by atoms with Crippen molar-refractivity contribution in [1.82, 2.24) is 14.4 Å². The molecule has 0 bridgehead atoms. The Hall–Kier alpha value is -3.57. The number of ether oxygens (including phenoxy) is 2. The Morgan fingerprint density at radius 3 is 2.57 bits per heavy atom. The van der Waals surface area contributed by atoms with Crippen LogP contribution in [0.2, 0.25) is 0 Å². The largest absolute Gasteiger partial charge is 0.496 e. The summed E-state index contributed by atoms with van der Waals surface area (Å²) in [4.78, 5) is 28.5. The lowest BCUT2D eigenvalue weighted by atomic mass is 9.98. The highest BCUT2D eigenvalue weighted by Crippen LogP contribution is 2.28. The maximum Gasteiger partial charge on any atom is 0.309 e. The van der Waals surface area contributed by atoms with Crippen LogP contribution >= 0.6 is 0 Å². The number of benzene rings is 2. The lowest BCUT2D eigenvalue weighted by Crippen LogP contribution is -2.40. The van der Waals surface area contributed by atoms with Crippen molar-refractivity contribution in [3.8, 4) is 17.1 Å². The zero-order valence-corrected chi connectivity index (χ0v) is 20.2. The predicted molar refractivity (Wildman–Crippen MR) is 124 cm³/mol. The molecule has 11 heteroatoms. The molecule has 0 spiro atoms. The fraction of sp³-hybridized carbons (Fsp3) is 0.333. The molecule has 1 saturated heterocycles. The zero-order valence-electron chi connectivity index (χ0n) is 19.3. The number of nitrogens with zero attached hydrogens (tertiary/aromatic N) is 3. The average molecular weight is 500 g/mol. The van der Waals surface area contributed by atoms with Crippen LogP contribution in [0.3, 0.4) is 0 Å². The van der Waals surface area contributed by atoms with Gasteiger partial charge in [-0.3, -0.25) is 9.59 Å². The van der Waals surface area contributed by atoms with Crippen molar-refractivity contribution >= 4 is 21.8 Å². The number of carbonyl (C=O) groups is 2. The molecule has 0 saturated carbocycles. The maximum absolute atomic E-state index is 13.0. The molecule has 2 aromatic carbocycles. The highest BCUT2D eigenvalue weighted by Gasteiger charge is 2.33. The van der Waals surface area contributed by atoms with Crippen LogP contribution in [0.15, 0.2) is 57.9 Å². The molecular weight excluding hydrogens is 474 g/mol. The van der Waals surface area contributed by atoms with Gasteiger partial charge in [0.1, 0.15) is 5.75 Å². The van der Waals surface area contributed by atoms with Gasteiger partial charge in [-0.1, -0.05) is 29.4 Å². The molecule has 4 rings (SSSR count).